The molecule has 0 aromatic heterocycles. The lowest BCUT2D eigenvalue weighted by Gasteiger charge is -2.18. The highest BCUT2D eigenvalue weighted by molar-refractivity contribution is 5.97. The van der Waals surface area contributed by atoms with E-state index in [2.05, 4.69) is 5.32 Å². The van der Waals surface area contributed by atoms with E-state index in [0.29, 0.717) is 0 Å². The molecule has 4 nitrogen and oxygen atoms in total. The summed E-state index contributed by atoms with van der Waals surface area (Å²) < 4.78 is 5.13. The van der Waals surface area contributed by atoms with E-state index >= 15 is 0 Å². The average molecular weight is 285 g/mol. The van der Waals surface area contributed by atoms with Gasteiger partial charge in [0.15, 0.2) is 0 Å². The van der Waals surface area contributed by atoms with Crippen LogP contribution in [0.2, 0.25) is 0 Å². The summed E-state index contributed by atoms with van der Waals surface area (Å²) in [5, 5.41) is 12.7. The van der Waals surface area contributed by atoms with Crippen molar-refractivity contribution in [3.8, 4) is 11.5 Å². The zero-order valence-electron chi connectivity index (χ0n) is 12.2. The van der Waals surface area contributed by atoms with Gasteiger partial charge in [0.2, 0.25) is 0 Å². The predicted molar refractivity (Wildman–Crippen MR) is 81.6 cm³/mol. The fourth-order valence-corrected chi connectivity index (χ4v) is 2.16. The molecular weight excluding hydrogens is 266 g/mol. The molecule has 2 aromatic rings. The molecule has 0 saturated carbocycles. The van der Waals surface area contributed by atoms with Crippen molar-refractivity contribution < 1.29 is 14.6 Å². The van der Waals surface area contributed by atoms with Crippen LogP contribution >= 0.6 is 0 Å². The van der Waals surface area contributed by atoms with Crippen LogP contribution in [0.1, 0.15) is 35.3 Å². The zero-order chi connectivity index (χ0) is 15.2. The van der Waals surface area contributed by atoms with Crippen molar-refractivity contribution in [3.05, 3.63) is 59.7 Å². The SMILES string of the molecule is CCC(NC(=O)c1ccccc1O)c1ccc(OC)cc1. The van der Waals surface area contributed by atoms with E-state index < -0.39 is 0 Å². The first-order valence-corrected chi connectivity index (χ1v) is 6.88. The summed E-state index contributed by atoms with van der Waals surface area (Å²) in [6.45, 7) is 2.00. The van der Waals surface area contributed by atoms with Gasteiger partial charge in [-0.3, -0.25) is 4.79 Å². The van der Waals surface area contributed by atoms with Crippen molar-refractivity contribution >= 4 is 5.91 Å². The maximum absolute atomic E-state index is 12.2. The summed E-state index contributed by atoms with van der Waals surface area (Å²) in [5.41, 5.74) is 1.28. The quantitative estimate of drug-likeness (QED) is 0.886. The highest BCUT2D eigenvalue weighted by Gasteiger charge is 2.16. The number of amides is 1. The lowest BCUT2D eigenvalue weighted by atomic mass is 10.0. The molecule has 0 saturated heterocycles. The van der Waals surface area contributed by atoms with Gasteiger partial charge in [-0.2, -0.15) is 0 Å². The van der Waals surface area contributed by atoms with Gasteiger partial charge in [-0.25, -0.2) is 0 Å². The van der Waals surface area contributed by atoms with Gasteiger partial charge in [0.05, 0.1) is 18.7 Å². The fraction of sp³-hybridized carbons (Fsp3) is 0.235. The first-order valence-electron chi connectivity index (χ1n) is 6.88. The van der Waals surface area contributed by atoms with E-state index in [1.165, 1.54) is 6.07 Å². The summed E-state index contributed by atoms with van der Waals surface area (Å²) in [4.78, 5) is 12.2. The first-order chi connectivity index (χ1) is 10.2. The molecule has 21 heavy (non-hydrogen) atoms. The number of carbonyl (C=O) groups excluding carboxylic acids is 1. The van der Waals surface area contributed by atoms with Crippen LogP contribution < -0.4 is 10.1 Å². The minimum atomic E-state index is -0.282. The molecule has 0 heterocycles. The van der Waals surface area contributed by atoms with Crippen LogP contribution in [0.3, 0.4) is 0 Å². The Morgan fingerprint density at radius 1 is 1.19 bits per heavy atom. The number of phenolic OH excluding ortho intramolecular Hbond substituents is 1. The first kappa shape index (κ1) is 14.9. The molecule has 0 bridgehead atoms. The fourth-order valence-electron chi connectivity index (χ4n) is 2.16. The number of aromatic hydroxyl groups is 1. The van der Waals surface area contributed by atoms with Crippen LogP contribution in [0.4, 0.5) is 0 Å². The molecule has 0 radical (unpaired) electrons. The molecule has 0 aliphatic carbocycles. The van der Waals surface area contributed by atoms with Crippen molar-refractivity contribution in [2.75, 3.05) is 7.11 Å². The summed E-state index contributed by atoms with van der Waals surface area (Å²) in [5.74, 6) is 0.482. The summed E-state index contributed by atoms with van der Waals surface area (Å²) >= 11 is 0. The van der Waals surface area contributed by atoms with Crippen LogP contribution in [0.5, 0.6) is 11.5 Å². The molecule has 0 fully saturated rings. The van der Waals surface area contributed by atoms with E-state index in [-0.39, 0.29) is 23.3 Å². The largest absolute Gasteiger partial charge is 0.507 e. The normalized spacial score (nSPS) is 11.7. The molecule has 0 aliphatic rings. The van der Waals surface area contributed by atoms with Crippen molar-refractivity contribution in [1.82, 2.24) is 5.32 Å². The van der Waals surface area contributed by atoms with Gasteiger partial charge in [-0.1, -0.05) is 31.2 Å². The number of benzene rings is 2. The van der Waals surface area contributed by atoms with Crippen LogP contribution in [0, 0.1) is 0 Å². The van der Waals surface area contributed by atoms with Crippen molar-refractivity contribution in [2.45, 2.75) is 19.4 Å². The number of ether oxygens (including phenoxy) is 1. The Morgan fingerprint density at radius 3 is 2.43 bits per heavy atom. The standard InChI is InChI=1S/C17H19NO3/c1-3-15(12-8-10-13(21-2)11-9-12)18-17(20)14-6-4-5-7-16(14)19/h4-11,15,19H,3H2,1-2H3,(H,18,20). The maximum atomic E-state index is 12.2. The summed E-state index contributed by atoms with van der Waals surface area (Å²) in [6.07, 6.45) is 0.756. The molecule has 2 aromatic carbocycles. The highest BCUT2D eigenvalue weighted by atomic mass is 16.5. The smallest absolute Gasteiger partial charge is 0.255 e. The van der Waals surface area contributed by atoms with Gasteiger partial charge in [0.25, 0.3) is 5.91 Å². The van der Waals surface area contributed by atoms with Crippen LogP contribution in [0.25, 0.3) is 0 Å². The Balaban J connectivity index is 2.15. The minimum absolute atomic E-state index is 0.0143. The Kier molecular flexibility index (Phi) is 4.82. The molecule has 110 valence electrons. The van der Waals surface area contributed by atoms with E-state index in [1.54, 1.807) is 25.3 Å². The molecule has 0 spiro atoms. The van der Waals surface area contributed by atoms with Crippen LogP contribution in [0.15, 0.2) is 48.5 Å². The lowest BCUT2D eigenvalue weighted by Crippen LogP contribution is -2.28. The van der Waals surface area contributed by atoms with Gasteiger partial charge in [0.1, 0.15) is 11.5 Å². The van der Waals surface area contributed by atoms with Crippen molar-refractivity contribution in [2.24, 2.45) is 0 Å². The third-order valence-corrected chi connectivity index (χ3v) is 3.38. The highest BCUT2D eigenvalue weighted by Crippen LogP contribution is 2.22. The van der Waals surface area contributed by atoms with E-state index in [9.17, 15) is 9.90 Å². The van der Waals surface area contributed by atoms with E-state index in [1.807, 2.05) is 31.2 Å². The van der Waals surface area contributed by atoms with Gasteiger partial charge in [0, 0.05) is 0 Å². The summed E-state index contributed by atoms with van der Waals surface area (Å²) in [6, 6.07) is 14.0. The second-order valence-corrected chi connectivity index (χ2v) is 4.72. The predicted octanol–water partition coefficient (Wildman–Crippen LogP) is 3.28. The number of para-hydroxylation sites is 1. The van der Waals surface area contributed by atoms with Crippen LogP contribution in [-0.2, 0) is 0 Å². The van der Waals surface area contributed by atoms with E-state index in [0.717, 1.165) is 17.7 Å². The Labute approximate surface area is 124 Å². The molecule has 1 atom stereocenters. The number of hydrogen-bond donors (Lipinski definition) is 2. The maximum Gasteiger partial charge on any atom is 0.255 e. The zero-order valence-corrected chi connectivity index (χ0v) is 12.2. The molecule has 1 amide bonds. The number of nitrogens with one attached hydrogen (secondary N) is 1. The summed E-state index contributed by atoms with van der Waals surface area (Å²) in [7, 11) is 1.62. The Morgan fingerprint density at radius 2 is 1.86 bits per heavy atom. The third-order valence-electron chi connectivity index (χ3n) is 3.38. The number of hydrogen-bond acceptors (Lipinski definition) is 3. The number of rotatable bonds is 5. The molecule has 2 N–H and O–H groups in total. The third kappa shape index (κ3) is 3.54. The number of carbonyl (C=O) groups is 1. The second kappa shape index (κ2) is 6.79. The molecule has 1 unspecified atom stereocenters. The monoisotopic (exact) mass is 285 g/mol. The topological polar surface area (TPSA) is 58.6 Å². The van der Waals surface area contributed by atoms with Gasteiger partial charge in [-0.15, -0.1) is 0 Å². The number of methoxy groups -OCH3 is 1. The van der Waals surface area contributed by atoms with Crippen LogP contribution in [-0.4, -0.2) is 18.1 Å². The second-order valence-electron chi connectivity index (χ2n) is 4.72. The van der Waals surface area contributed by atoms with Crippen molar-refractivity contribution in [1.29, 1.82) is 0 Å². The molecule has 4 heteroatoms. The van der Waals surface area contributed by atoms with Gasteiger partial charge < -0.3 is 15.2 Å². The van der Waals surface area contributed by atoms with Gasteiger partial charge in [-0.05, 0) is 36.2 Å². The molecule has 2 rings (SSSR count). The molecule has 0 aliphatic heterocycles. The van der Waals surface area contributed by atoms with Crippen molar-refractivity contribution in [3.63, 3.8) is 0 Å². The van der Waals surface area contributed by atoms with Gasteiger partial charge >= 0.3 is 0 Å². The van der Waals surface area contributed by atoms with E-state index in [4.69, 9.17) is 4.74 Å². The molecular formula is C17H19NO3. The average Bonchev–Trinajstić information content (AvgIpc) is 2.53. The Hall–Kier alpha value is -2.49. The lowest BCUT2D eigenvalue weighted by molar-refractivity contribution is 0.0933. The Bertz CT molecular complexity index is 608. The minimum Gasteiger partial charge on any atom is -0.507 e. The number of phenols is 1.